The van der Waals surface area contributed by atoms with Crippen LogP contribution in [0.2, 0.25) is 0 Å². The summed E-state index contributed by atoms with van der Waals surface area (Å²) in [4.78, 5) is 0. The van der Waals surface area contributed by atoms with E-state index in [-0.39, 0.29) is 12.1 Å². The fourth-order valence-electron chi connectivity index (χ4n) is 3.33. The van der Waals surface area contributed by atoms with Crippen molar-refractivity contribution in [1.29, 1.82) is 0 Å². The molecule has 1 N–H and O–H groups in total. The number of hydrogen-bond acceptors (Lipinski definition) is 4. The van der Waals surface area contributed by atoms with Gasteiger partial charge in [0.25, 0.3) is 0 Å². The molecule has 4 rings (SSSR count). The second-order valence-corrected chi connectivity index (χ2v) is 7.68. The van der Waals surface area contributed by atoms with Crippen LogP contribution in [0.5, 0.6) is 0 Å². The molecule has 0 spiro atoms. The minimum atomic E-state index is 0.120. The van der Waals surface area contributed by atoms with Gasteiger partial charge >= 0.3 is 0 Å². The molecule has 5 nitrogen and oxygen atoms in total. The van der Waals surface area contributed by atoms with Crippen molar-refractivity contribution >= 4 is 21.9 Å². The Morgan fingerprint density at radius 2 is 1.72 bits per heavy atom. The highest BCUT2D eigenvalue weighted by Crippen LogP contribution is 2.37. The second-order valence-electron chi connectivity index (χ2n) is 6.77. The standard InChI is InChI=1S/C19H20BrN5/c1-12(2)13-3-5-14(6-4-13)17-11-18(15-7-9-16(20)10-8-15)25-19(21-17)22-23-24-25/h3-10,12,17-18H,11H2,1-2H3,(H,21,22,24)/t17-,18-/m0/s1. The van der Waals surface area contributed by atoms with Gasteiger partial charge < -0.3 is 5.32 Å². The Morgan fingerprint density at radius 1 is 1.04 bits per heavy atom. The molecule has 0 aliphatic carbocycles. The highest BCUT2D eigenvalue weighted by atomic mass is 79.9. The van der Waals surface area contributed by atoms with Crippen LogP contribution in [0, 0.1) is 0 Å². The van der Waals surface area contributed by atoms with Crippen molar-refractivity contribution < 1.29 is 0 Å². The van der Waals surface area contributed by atoms with Crippen molar-refractivity contribution in [2.24, 2.45) is 0 Å². The molecule has 1 aliphatic heterocycles. The number of aromatic nitrogens is 4. The van der Waals surface area contributed by atoms with Gasteiger partial charge in [0.2, 0.25) is 5.95 Å². The summed E-state index contributed by atoms with van der Waals surface area (Å²) in [5, 5.41) is 15.7. The van der Waals surface area contributed by atoms with Gasteiger partial charge in [0.15, 0.2) is 0 Å². The lowest BCUT2D eigenvalue weighted by Gasteiger charge is -2.31. The number of rotatable bonds is 3. The number of nitrogens with one attached hydrogen (secondary N) is 1. The zero-order chi connectivity index (χ0) is 17.4. The molecule has 2 atom stereocenters. The van der Waals surface area contributed by atoms with Crippen molar-refractivity contribution in [3.05, 3.63) is 69.7 Å². The van der Waals surface area contributed by atoms with Gasteiger partial charge in [0, 0.05) is 4.47 Å². The van der Waals surface area contributed by atoms with Crippen LogP contribution in [0.15, 0.2) is 53.0 Å². The van der Waals surface area contributed by atoms with Gasteiger partial charge in [0.1, 0.15) is 0 Å². The lowest BCUT2D eigenvalue weighted by molar-refractivity contribution is 0.423. The largest absolute Gasteiger partial charge is 0.346 e. The Labute approximate surface area is 155 Å². The first-order chi connectivity index (χ1) is 12.1. The summed E-state index contributed by atoms with van der Waals surface area (Å²) < 4.78 is 2.95. The molecule has 128 valence electrons. The summed E-state index contributed by atoms with van der Waals surface area (Å²) >= 11 is 3.50. The summed E-state index contributed by atoms with van der Waals surface area (Å²) in [6.07, 6.45) is 0.903. The van der Waals surface area contributed by atoms with Crippen LogP contribution in [0.4, 0.5) is 5.95 Å². The number of benzene rings is 2. The second kappa shape index (κ2) is 6.59. The number of nitrogens with zero attached hydrogens (tertiary/aromatic N) is 4. The van der Waals surface area contributed by atoms with E-state index in [0.717, 1.165) is 16.8 Å². The quantitative estimate of drug-likeness (QED) is 0.695. The van der Waals surface area contributed by atoms with Gasteiger partial charge in [-0.25, -0.2) is 4.68 Å². The van der Waals surface area contributed by atoms with Crippen LogP contribution in [-0.4, -0.2) is 20.2 Å². The van der Waals surface area contributed by atoms with E-state index in [2.05, 4.69) is 99.2 Å². The first-order valence-electron chi connectivity index (χ1n) is 8.51. The van der Waals surface area contributed by atoms with Gasteiger partial charge in [-0.05, 0) is 51.6 Å². The highest BCUT2D eigenvalue weighted by Gasteiger charge is 2.30. The van der Waals surface area contributed by atoms with Crippen molar-refractivity contribution in [3.8, 4) is 0 Å². The van der Waals surface area contributed by atoms with E-state index >= 15 is 0 Å². The Bertz CT molecular complexity index is 854. The third-order valence-corrected chi connectivity index (χ3v) is 5.34. The Hall–Kier alpha value is -2.21. The summed E-state index contributed by atoms with van der Waals surface area (Å²) in [7, 11) is 0. The van der Waals surface area contributed by atoms with E-state index in [4.69, 9.17) is 0 Å². The molecule has 0 amide bonds. The predicted molar refractivity (Wildman–Crippen MR) is 102 cm³/mol. The minimum Gasteiger partial charge on any atom is -0.346 e. The SMILES string of the molecule is CC(C)c1ccc([C@@H]2C[C@@H](c3ccc(Br)cc3)n3nnnc3N2)cc1. The summed E-state index contributed by atoms with van der Waals surface area (Å²) in [6.45, 7) is 4.43. The normalized spacial score (nSPS) is 19.5. The zero-order valence-corrected chi connectivity index (χ0v) is 15.8. The van der Waals surface area contributed by atoms with Gasteiger partial charge in [-0.1, -0.05) is 71.3 Å². The molecule has 1 aliphatic rings. The summed E-state index contributed by atoms with van der Waals surface area (Å²) in [5.41, 5.74) is 3.83. The molecular formula is C19H20BrN5. The lowest BCUT2D eigenvalue weighted by Crippen LogP contribution is -2.28. The van der Waals surface area contributed by atoms with Crippen LogP contribution >= 0.6 is 15.9 Å². The smallest absolute Gasteiger partial charge is 0.243 e. The number of halogens is 1. The van der Waals surface area contributed by atoms with E-state index in [1.165, 1.54) is 16.7 Å². The Kier molecular flexibility index (Phi) is 4.29. The molecule has 0 saturated carbocycles. The zero-order valence-electron chi connectivity index (χ0n) is 14.2. The third-order valence-electron chi connectivity index (χ3n) is 4.81. The first kappa shape index (κ1) is 16.3. The molecule has 2 aromatic carbocycles. The van der Waals surface area contributed by atoms with Crippen molar-refractivity contribution in [3.63, 3.8) is 0 Å². The molecule has 3 aromatic rings. The maximum atomic E-state index is 4.18. The van der Waals surface area contributed by atoms with Gasteiger partial charge in [-0.3, -0.25) is 0 Å². The Balaban J connectivity index is 1.67. The summed E-state index contributed by atoms with van der Waals surface area (Å²) in [6, 6.07) is 17.6. The number of hydrogen-bond donors (Lipinski definition) is 1. The van der Waals surface area contributed by atoms with Gasteiger partial charge in [0.05, 0.1) is 12.1 Å². The van der Waals surface area contributed by atoms with Crippen LogP contribution in [0.3, 0.4) is 0 Å². The average molecular weight is 398 g/mol. The number of anilines is 1. The maximum absolute atomic E-state index is 4.18. The fraction of sp³-hybridized carbons (Fsp3) is 0.316. The first-order valence-corrected chi connectivity index (χ1v) is 9.31. The van der Waals surface area contributed by atoms with Crippen molar-refractivity contribution in [2.75, 3.05) is 5.32 Å². The van der Waals surface area contributed by atoms with Crippen LogP contribution in [0.25, 0.3) is 0 Å². The molecule has 2 heterocycles. The predicted octanol–water partition coefficient (Wildman–Crippen LogP) is 4.71. The molecule has 0 saturated heterocycles. The van der Waals surface area contributed by atoms with E-state index in [0.29, 0.717) is 5.92 Å². The van der Waals surface area contributed by atoms with Crippen LogP contribution < -0.4 is 5.32 Å². The molecule has 25 heavy (non-hydrogen) atoms. The molecule has 0 fully saturated rings. The van der Waals surface area contributed by atoms with Gasteiger partial charge in [-0.2, -0.15) is 0 Å². The average Bonchev–Trinajstić information content (AvgIpc) is 3.10. The fourth-order valence-corrected chi connectivity index (χ4v) is 3.60. The van der Waals surface area contributed by atoms with Crippen molar-refractivity contribution in [2.45, 2.75) is 38.3 Å². The van der Waals surface area contributed by atoms with E-state index < -0.39 is 0 Å². The Morgan fingerprint density at radius 3 is 2.40 bits per heavy atom. The van der Waals surface area contributed by atoms with E-state index in [1.807, 2.05) is 4.68 Å². The van der Waals surface area contributed by atoms with E-state index in [1.54, 1.807) is 0 Å². The molecule has 0 bridgehead atoms. The van der Waals surface area contributed by atoms with E-state index in [9.17, 15) is 0 Å². The lowest BCUT2D eigenvalue weighted by atomic mass is 9.92. The third kappa shape index (κ3) is 3.18. The molecule has 1 aromatic heterocycles. The maximum Gasteiger partial charge on any atom is 0.243 e. The topological polar surface area (TPSA) is 55.6 Å². The van der Waals surface area contributed by atoms with Gasteiger partial charge in [-0.15, -0.1) is 0 Å². The monoisotopic (exact) mass is 397 g/mol. The molecule has 6 heteroatoms. The van der Waals surface area contributed by atoms with Crippen LogP contribution in [0.1, 0.15) is 55.0 Å². The molecule has 0 radical (unpaired) electrons. The van der Waals surface area contributed by atoms with Crippen LogP contribution in [-0.2, 0) is 0 Å². The number of fused-ring (bicyclic) bond motifs is 1. The number of tetrazole rings is 1. The molecule has 0 unspecified atom stereocenters. The summed E-state index contributed by atoms with van der Waals surface area (Å²) in [5.74, 6) is 1.26. The van der Waals surface area contributed by atoms with Crippen molar-refractivity contribution in [1.82, 2.24) is 20.2 Å². The highest BCUT2D eigenvalue weighted by molar-refractivity contribution is 9.10. The minimum absolute atomic E-state index is 0.120. The molecular weight excluding hydrogens is 378 g/mol.